The normalized spacial score (nSPS) is 22.1. The van der Waals surface area contributed by atoms with Crippen LogP contribution in [0.4, 0.5) is 0 Å². The molecule has 1 heterocycles. The predicted molar refractivity (Wildman–Crippen MR) is 62.4 cm³/mol. The van der Waals surface area contributed by atoms with E-state index < -0.39 is 10.0 Å². The number of hydrogen-bond acceptors (Lipinski definition) is 3. The maximum absolute atomic E-state index is 11.6. The first-order valence-corrected chi connectivity index (χ1v) is 7.16. The molecular weight excluding hydrogens is 228 g/mol. The molecule has 1 saturated heterocycles. The van der Waals surface area contributed by atoms with Crippen molar-refractivity contribution in [2.75, 3.05) is 25.9 Å². The Labute approximate surface area is 97.2 Å². The summed E-state index contributed by atoms with van der Waals surface area (Å²) in [5.41, 5.74) is 0. The van der Waals surface area contributed by atoms with Crippen LogP contribution in [0.25, 0.3) is 0 Å². The molecule has 1 amide bonds. The van der Waals surface area contributed by atoms with Gasteiger partial charge in [0, 0.05) is 26.6 Å². The molecule has 0 aromatic rings. The van der Waals surface area contributed by atoms with Crippen LogP contribution in [0.2, 0.25) is 0 Å². The summed E-state index contributed by atoms with van der Waals surface area (Å²) in [6, 6.07) is 0. The Bertz CT molecular complexity index is 351. The Morgan fingerprint density at radius 1 is 1.50 bits per heavy atom. The quantitative estimate of drug-likeness (QED) is 0.747. The van der Waals surface area contributed by atoms with E-state index in [2.05, 4.69) is 4.72 Å². The lowest BCUT2D eigenvalue weighted by Gasteiger charge is -2.12. The monoisotopic (exact) mass is 248 g/mol. The highest BCUT2D eigenvalue weighted by molar-refractivity contribution is 7.89. The van der Waals surface area contributed by atoms with E-state index in [1.807, 2.05) is 13.8 Å². The highest BCUT2D eigenvalue weighted by atomic mass is 32.2. The lowest BCUT2D eigenvalue weighted by atomic mass is 10.1. The highest BCUT2D eigenvalue weighted by Crippen LogP contribution is 2.15. The summed E-state index contributed by atoms with van der Waals surface area (Å²) >= 11 is 0. The number of carbonyl (C=O) groups excluding carboxylic acids is 1. The molecule has 6 heteroatoms. The Balaban J connectivity index is 2.38. The molecule has 16 heavy (non-hydrogen) atoms. The second-order valence-corrected chi connectivity index (χ2v) is 6.72. The molecule has 1 aliphatic rings. The average Bonchev–Trinajstić information content (AvgIpc) is 2.41. The lowest BCUT2D eigenvalue weighted by molar-refractivity contribution is -0.126. The molecule has 1 unspecified atom stereocenters. The van der Waals surface area contributed by atoms with Crippen LogP contribution < -0.4 is 4.72 Å². The van der Waals surface area contributed by atoms with Crippen molar-refractivity contribution in [2.45, 2.75) is 20.3 Å². The number of hydrogen-bond donors (Lipinski definition) is 1. The number of amides is 1. The van der Waals surface area contributed by atoms with Crippen molar-refractivity contribution in [1.82, 2.24) is 9.62 Å². The van der Waals surface area contributed by atoms with E-state index in [4.69, 9.17) is 0 Å². The molecule has 1 fully saturated rings. The van der Waals surface area contributed by atoms with E-state index in [-0.39, 0.29) is 23.5 Å². The molecule has 1 rings (SSSR count). The molecule has 1 atom stereocenters. The SMILES string of the molecule is CC(C)CS(=O)(=O)NCC1CC(=O)N(C)C1. The second-order valence-electron chi connectivity index (χ2n) is 4.87. The van der Waals surface area contributed by atoms with Gasteiger partial charge < -0.3 is 4.90 Å². The zero-order chi connectivity index (χ0) is 12.3. The third kappa shape index (κ3) is 4.09. The van der Waals surface area contributed by atoms with Crippen molar-refractivity contribution in [3.63, 3.8) is 0 Å². The topological polar surface area (TPSA) is 66.5 Å². The number of nitrogens with zero attached hydrogens (tertiary/aromatic N) is 1. The van der Waals surface area contributed by atoms with Gasteiger partial charge in [0.05, 0.1) is 5.75 Å². The molecule has 0 radical (unpaired) electrons. The minimum atomic E-state index is -3.18. The van der Waals surface area contributed by atoms with Gasteiger partial charge in [0.2, 0.25) is 15.9 Å². The molecule has 94 valence electrons. The Hall–Kier alpha value is -0.620. The van der Waals surface area contributed by atoms with Crippen molar-refractivity contribution in [3.8, 4) is 0 Å². The van der Waals surface area contributed by atoms with Crippen molar-refractivity contribution >= 4 is 15.9 Å². The third-order valence-corrected chi connectivity index (χ3v) is 4.28. The number of carbonyl (C=O) groups is 1. The minimum Gasteiger partial charge on any atom is -0.345 e. The first kappa shape index (κ1) is 13.4. The van der Waals surface area contributed by atoms with Crippen LogP contribution in [0.1, 0.15) is 20.3 Å². The molecule has 0 spiro atoms. The van der Waals surface area contributed by atoms with Crippen LogP contribution in [-0.2, 0) is 14.8 Å². The van der Waals surface area contributed by atoms with Gasteiger partial charge in [-0.25, -0.2) is 13.1 Å². The van der Waals surface area contributed by atoms with Crippen molar-refractivity contribution in [2.24, 2.45) is 11.8 Å². The van der Waals surface area contributed by atoms with Gasteiger partial charge in [-0.05, 0) is 11.8 Å². The molecule has 1 aliphatic heterocycles. The first-order valence-electron chi connectivity index (χ1n) is 5.51. The molecule has 0 aliphatic carbocycles. The number of sulfonamides is 1. The van der Waals surface area contributed by atoms with Crippen LogP contribution in [0.3, 0.4) is 0 Å². The summed E-state index contributed by atoms with van der Waals surface area (Å²) in [6.07, 6.45) is 0.445. The standard InChI is InChI=1S/C10H20N2O3S/c1-8(2)7-16(14,15)11-5-9-4-10(13)12(3)6-9/h8-9,11H,4-7H2,1-3H3. The fourth-order valence-electron chi connectivity index (χ4n) is 1.84. The summed E-state index contributed by atoms with van der Waals surface area (Å²) in [7, 11) is -1.44. The maximum atomic E-state index is 11.6. The van der Waals surface area contributed by atoms with Gasteiger partial charge in [-0.2, -0.15) is 0 Å². The number of likely N-dealkylation sites (tertiary alicyclic amines) is 1. The lowest BCUT2D eigenvalue weighted by Crippen LogP contribution is -2.33. The Morgan fingerprint density at radius 3 is 2.56 bits per heavy atom. The van der Waals surface area contributed by atoms with E-state index in [9.17, 15) is 13.2 Å². The highest BCUT2D eigenvalue weighted by Gasteiger charge is 2.27. The van der Waals surface area contributed by atoms with Gasteiger partial charge in [0.25, 0.3) is 0 Å². The van der Waals surface area contributed by atoms with Crippen LogP contribution >= 0.6 is 0 Å². The van der Waals surface area contributed by atoms with Crippen LogP contribution in [0.5, 0.6) is 0 Å². The van der Waals surface area contributed by atoms with Crippen LogP contribution in [0, 0.1) is 11.8 Å². The molecule has 0 aromatic carbocycles. The minimum absolute atomic E-state index is 0.0908. The average molecular weight is 248 g/mol. The molecule has 1 N–H and O–H groups in total. The third-order valence-electron chi connectivity index (χ3n) is 2.57. The Kier molecular flexibility index (Phi) is 4.32. The summed E-state index contributed by atoms with van der Waals surface area (Å²) < 4.78 is 25.7. The number of rotatable bonds is 5. The van der Waals surface area contributed by atoms with Crippen molar-refractivity contribution < 1.29 is 13.2 Å². The van der Waals surface area contributed by atoms with Crippen molar-refractivity contribution in [1.29, 1.82) is 0 Å². The Morgan fingerprint density at radius 2 is 2.12 bits per heavy atom. The summed E-state index contributed by atoms with van der Waals surface area (Å²) in [5.74, 6) is 0.460. The molecular formula is C10H20N2O3S. The van der Waals surface area contributed by atoms with Gasteiger partial charge in [-0.3, -0.25) is 4.79 Å². The predicted octanol–water partition coefficient (Wildman–Crippen LogP) is 0.0401. The molecule has 0 aromatic heterocycles. The number of nitrogens with one attached hydrogen (secondary N) is 1. The van der Waals surface area contributed by atoms with Crippen LogP contribution in [-0.4, -0.2) is 45.1 Å². The van der Waals surface area contributed by atoms with E-state index in [1.165, 1.54) is 0 Å². The van der Waals surface area contributed by atoms with Gasteiger partial charge in [0.15, 0.2) is 0 Å². The van der Waals surface area contributed by atoms with Gasteiger partial charge in [-0.15, -0.1) is 0 Å². The van der Waals surface area contributed by atoms with E-state index >= 15 is 0 Å². The van der Waals surface area contributed by atoms with E-state index in [0.29, 0.717) is 19.5 Å². The van der Waals surface area contributed by atoms with Gasteiger partial charge in [-0.1, -0.05) is 13.8 Å². The maximum Gasteiger partial charge on any atom is 0.222 e. The zero-order valence-corrected chi connectivity index (χ0v) is 10.9. The summed E-state index contributed by atoms with van der Waals surface area (Å²) in [5, 5.41) is 0. The fourth-order valence-corrected chi connectivity index (χ4v) is 3.32. The summed E-state index contributed by atoms with van der Waals surface area (Å²) in [4.78, 5) is 12.9. The second kappa shape index (κ2) is 5.14. The van der Waals surface area contributed by atoms with Gasteiger partial charge in [0.1, 0.15) is 0 Å². The summed E-state index contributed by atoms with van der Waals surface area (Å²) in [6.45, 7) is 4.74. The largest absolute Gasteiger partial charge is 0.345 e. The smallest absolute Gasteiger partial charge is 0.222 e. The fraction of sp³-hybridized carbons (Fsp3) is 0.900. The zero-order valence-electron chi connectivity index (χ0n) is 10.1. The van der Waals surface area contributed by atoms with Gasteiger partial charge >= 0.3 is 0 Å². The van der Waals surface area contributed by atoms with E-state index in [0.717, 1.165) is 0 Å². The van der Waals surface area contributed by atoms with E-state index in [1.54, 1.807) is 11.9 Å². The van der Waals surface area contributed by atoms with Crippen LogP contribution in [0.15, 0.2) is 0 Å². The molecule has 0 saturated carbocycles. The first-order chi connectivity index (χ1) is 7.30. The molecule has 0 bridgehead atoms. The van der Waals surface area contributed by atoms with Crippen molar-refractivity contribution in [3.05, 3.63) is 0 Å². The molecule has 5 nitrogen and oxygen atoms in total.